The van der Waals surface area contributed by atoms with Crippen molar-refractivity contribution < 1.29 is 19.4 Å². The van der Waals surface area contributed by atoms with Gasteiger partial charge in [0.05, 0.1) is 0 Å². The molecule has 16 heavy (non-hydrogen) atoms. The number of hydrogen-bond donors (Lipinski definition) is 1. The maximum atomic E-state index is 11.0. The third kappa shape index (κ3) is 2.96. The molecule has 4 nitrogen and oxygen atoms in total. The fourth-order valence-electron chi connectivity index (χ4n) is 1.12. The molecule has 0 unspecified atom stereocenters. The molecule has 0 saturated carbocycles. The second-order valence-electron chi connectivity index (χ2n) is 4.41. The molecule has 1 aromatic rings. The number of ether oxygens (including phenoxy) is 2. The van der Waals surface area contributed by atoms with E-state index in [9.17, 15) is 4.79 Å². The zero-order chi connectivity index (χ0) is 12.3. The predicted octanol–water partition coefficient (Wildman–Crippen LogP) is 2.73. The van der Waals surface area contributed by atoms with Crippen molar-refractivity contribution in [2.24, 2.45) is 0 Å². The molecule has 0 fully saturated rings. The van der Waals surface area contributed by atoms with Crippen LogP contribution in [0.5, 0.6) is 5.75 Å². The second-order valence-corrected chi connectivity index (χ2v) is 5.46. The molecular formula is C11H16O4S. The zero-order valence-electron chi connectivity index (χ0n) is 9.86. The van der Waals surface area contributed by atoms with Crippen LogP contribution in [0.2, 0.25) is 0 Å². The smallest absolute Gasteiger partial charge is 0.349 e. The number of aromatic carboxylic acids is 1. The Labute approximate surface area is 98.8 Å². The van der Waals surface area contributed by atoms with Crippen molar-refractivity contribution in [2.75, 3.05) is 13.9 Å². The lowest BCUT2D eigenvalue weighted by Crippen LogP contribution is -2.08. The zero-order valence-corrected chi connectivity index (χ0v) is 10.7. The lowest BCUT2D eigenvalue weighted by atomic mass is 9.95. The van der Waals surface area contributed by atoms with Crippen LogP contribution in [0, 0.1) is 0 Å². The number of carbonyl (C=O) groups is 1. The molecule has 1 heterocycles. The summed E-state index contributed by atoms with van der Waals surface area (Å²) in [5, 5.41) is 9.03. The van der Waals surface area contributed by atoms with E-state index in [0.29, 0.717) is 5.75 Å². The Morgan fingerprint density at radius 1 is 1.50 bits per heavy atom. The number of methoxy groups -OCH3 is 1. The van der Waals surface area contributed by atoms with Gasteiger partial charge in [0.15, 0.2) is 11.7 Å². The van der Waals surface area contributed by atoms with Gasteiger partial charge in [-0.05, 0) is 11.5 Å². The number of hydrogen-bond acceptors (Lipinski definition) is 4. The molecule has 1 rings (SSSR count). The minimum Gasteiger partial charge on any atom is -0.477 e. The first-order chi connectivity index (χ1) is 7.36. The van der Waals surface area contributed by atoms with Crippen molar-refractivity contribution in [3.8, 4) is 5.75 Å². The molecule has 0 spiro atoms. The lowest BCUT2D eigenvalue weighted by molar-refractivity contribution is 0.0489. The van der Waals surface area contributed by atoms with Crippen molar-refractivity contribution in [1.29, 1.82) is 0 Å². The topological polar surface area (TPSA) is 55.8 Å². The summed E-state index contributed by atoms with van der Waals surface area (Å²) < 4.78 is 10.00. The van der Waals surface area contributed by atoms with E-state index in [2.05, 4.69) is 0 Å². The molecule has 5 heteroatoms. The van der Waals surface area contributed by atoms with E-state index in [4.69, 9.17) is 14.6 Å². The van der Waals surface area contributed by atoms with Gasteiger partial charge >= 0.3 is 5.97 Å². The molecule has 0 aromatic carbocycles. The third-order valence-electron chi connectivity index (χ3n) is 1.96. The number of thiophene rings is 1. The van der Waals surface area contributed by atoms with Crippen LogP contribution in [0.4, 0.5) is 0 Å². The summed E-state index contributed by atoms with van der Waals surface area (Å²) in [5.41, 5.74) is -0.0798. The fraction of sp³-hybridized carbons (Fsp3) is 0.545. The Balaban J connectivity index is 3.05. The van der Waals surface area contributed by atoms with E-state index in [1.54, 1.807) is 6.07 Å². The lowest BCUT2D eigenvalue weighted by Gasteiger charge is -2.14. The van der Waals surface area contributed by atoms with Gasteiger partial charge in [0, 0.05) is 12.0 Å². The molecule has 90 valence electrons. The number of carboxylic acids is 1. The van der Waals surface area contributed by atoms with Gasteiger partial charge in [-0.1, -0.05) is 20.8 Å². The minimum atomic E-state index is -0.966. The van der Waals surface area contributed by atoms with Crippen molar-refractivity contribution in [3.63, 3.8) is 0 Å². The summed E-state index contributed by atoms with van der Waals surface area (Å²) in [7, 11) is 1.50. The number of carboxylic acid groups (broad SMARTS) is 1. The largest absolute Gasteiger partial charge is 0.477 e. The van der Waals surface area contributed by atoms with Gasteiger partial charge in [0.25, 0.3) is 0 Å². The Morgan fingerprint density at radius 3 is 2.56 bits per heavy atom. The van der Waals surface area contributed by atoms with Gasteiger partial charge in [0.2, 0.25) is 0 Å². The SMILES string of the molecule is COCOc1cc(C(C)(C)C)sc1C(=O)O. The predicted molar refractivity (Wildman–Crippen MR) is 62.5 cm³/mol. The molecular weight excluding hydrogens is 228 g/mol. The number of rotatable bonds is 4. The standard InChI is InChI=1S/C11H16O4S/c1-11(2,3)8-5-7(15-6-14-4)9(16-8)10(12)13/h5H,6H2,1-4H3,(H,12,13). The molecule has 0 amide bonds. The Kier molecular flexibility index (Phi) is 3.93. The Hall–Kier alpha value is -1.07. The highest BCUT2D eigenvalue weighted by atomic mass is 32.1. The summed E-state index contributed by atoms with van der Waals surface area (Å²) >= 11 is 1.24. The van der Waals surface area contributed by atoms with Gasteiger partial charge < -0.3 is 14.6 Å². The molecule has 0 atom stereocenters. The van der Waals surface area contributed by atoms with Crippen LogP contribution in [0.1, 0.15) is 35.3 Å². The van der Waals surface area contributed by atoms with E-state index in [-0.39, 0.29) is 17.1 Å². The van der Waals surface area contributed by atoms with Gasteiger partial charge in [-0.3, -0.25) is 0 Å². The Morgan fingerprint density at radius 2 is 2.12 bits per heavy atom. The van der Waals surface area contributed by atoms with Crippen LogP contribution in [-0.2, 0) is 10.2 Å². The van der Waals surface area contributed by atoms with Gasteiger partial charge in [-0.25, -0.2) is 4.79 Å². The summed E-state index contributed by atoms with van der Waals surface area (Å²) in [4.78, 5) is 12.2. The molecule has 0 aliphatic carbocycles. The average Bonchev–Trinajstić information content (AvgIpc) is 2.57. The molecule has 1 aromatic heterocycles. The van der Waals surface area contributed by atoms with Crippen LogP contribution in [0.25, 0.3) is 0 Å². The minimum absolute atomic E-state index is 0.0561. The first kappa shape index (κ1) is 13.0. The summed E-state index contributed by atoms with van der Waals surface area (Å²) in [6.45, 7) is 6.15. The quantitative estimate of drug-likeness (QED) is 0.827. The van der Waals surface area contributed by atoms with Crippen LogP contribution in [0.3, 0.4) is 0 Å². The molecule has 1 N–H and O–H groups in total. The summed E-state index contributed by atoms with van der Waals surface area (Å²) in [5.74, 6) is -0.587. The van der Waals surface area contributed by atoms with Crippen molar-refractivity contribution in [1.82, 2.24) is 0 Å². The maximum absolute atomic E-state index is 11.0. The molecule has 0 saturated heterocycles. The highest BCUT2D eigenvalue weighted by molar-refractivity contribution is 7.14. The molecule has 0 radical (unpaired) electrons. The van der Waals surface area contributed by atoms with Gasteiger partial charge in [-0.2, -0.15) is 0 Å². The maximum Gasteiger partial charge on any atom is 0.349 e. The van der Waals surface area contributed by atoms with E-state index < -0.39 is 5.97 Å². The van der Waals surface area contributed by atoms with Crippen LogP contribution in [0.15, 0.2) is 6.07 Å². The Bertz CT molecular complexity index is 376. The van der Waals surface area contributed by atoms with Gasteiger partial charge in [0.1, 0.15) is 5.75 Å². The van der Waals surface area contributed by atoms with E-state index >= 15 is 0 Å². The highest BCUT2D eigenvalue weighted by Crippen LogP contribution is 2.36. The van der Waals surface area contributed by atoms with Crippen LogP contribution >= 0.6 is 11.3 Å². The highest BCUT2D eigenvalue weighted by Gasteiger charge is 2.23. The fourth-order valence-corrected chi connectivity index (χ4v) is 2.12. The molecule has 0 bridgehead atoms. The summed E-state index contributed by atoms with van der Waals surface area (Å²) in [6, 6.07) is 1.77. The van der Waals surface area contributed by atoms with E-state index in [1.807, 2.05) is 20.8 Å². The van der Waals surface area contributed by atoms with Gasteiger partial charge in [-0.15, -0.1) is 11.3 Å². The van der Waals surface area contributed by atoms with Crippen molar-refractivity contribution in [3.05, 3.63) is 15.8 Å². The monoisotopic (exact) mass is 244 g/mol. The van der Waals surface area contributed by atoms with Crippen LogP contribution in [-0.4, -0.2) is 25.0 Å². The normalized spacial score (nSPS) is 11.5. The van der Waals surface area contributed by atoms with Crippen molar-refractivity contribution in [2.45, 2.75) is 26.2 Å². The van der Waals surface area contributed by atoms with E-state index in [1.165, 1.54) is 18.4 Å². The third-order valence-corrected chi connectivity index (χ3v) is 3.49. The van der Waals surface area contributed by atoms with Crippen molar-refractivity contribution >= 4 is 17.3 Å². The first-order valence-electron chi connectivity index (χ1n) is 4.85. The van der Waals surface area contributed by atoms with Crippen LogP contribution < -0.4 is 4.74 Å². The molecule has 0 aliphatic heterocycles. The summed E-state index contributed by atoms with van der Waals surface area (Å²) in [6.07, 6.45) is 0. The first-order valence-corrected chi connectivity index (χ1v) is 5.67. The molecule has 0 aliphatic rings. The second kappa shape index (κ2) is 4.84. The average molecular weight is 244 g/mol. The van der Waals surface area contributed by atoms with E-state index in [0.717, 1.165) is 4.88 Å².